The third kappa shape index (κ3) is 1.63. The Morgan fingerprint density at radius 1 is 1.44 bits per heavy atom. The molecule has 1 aromatic carbocycles. The number of anilines is 1. The van der Waals surface area contributed by atoms with Crippen molar-refractivity contribution < 1.29 is 9.53 Å². The van der Waals surface area contributed by atoms with E-state index in [0.717, 1.165) is 24.1 Å². The van der Waals surface area contributed by atoms with Crippen molar-refractivity contribution in [3.05, 3.63) is 35.5 Å². The van der Waals surface area contributed by atoms with Crippen molar-refractivity contribution in [2.45, 2.75) is 30.0 Å². The van der Waals surface area contributed by atoms with Gasteiger partial charge in [0.2, 0.25) is 0 Å². The minimum atomic E-state index is -0.194. The first-order valence-electron chi connectivity index (χ1n) is 6.05. The van der Waals surface area contributed by atoms with Gasteiger partial charge in [-0.2, -0.15) is 0 Å². The van der Waals surface area contributed by atoms with Crippen molar-refractivity contribution in [2.24, 2.45) is 0 Å². The highest BCUT2D eigenvalue weighted by molar-refractivity contribution is 8.00. The van der Waals surface area contributed by atoms with Gasteiger partial charge >= 0.3 is 5.97 Å². The van der Waals surface area contributed by atoms with Crippen LogP contribution in [0.3, 0.4) is 0 Å². The van der Waals surface area contributed by atoms with Gasteiger partial charge in [-0.25, -0.2) is 4.79 Å². The van der Waals surface area contributed by atoms with Crippen molar-refractivity contribution in [3.63, 3.8) is 0 Å². The van der Waals surface area contributed by atoms with E-state index >= 15 is 0 Å². The molecule has 2 aliphatic rings. The molecule has 3 nitrogen and oxygen atoms in total. The first-order chi connectivity index (χ1) is 8.72. The standard InChI is InChI=1S/C14H15NO2S/c1-9-10(14(16)17-2)7-8-13-15(9)11-5-3-4-6-12(11)18-13/h3-6,13H,7-8H2,1-2H3. The molecule has 1 unspecified atom stereocenters. The Bertz CT molecular complexity index is 538. The summed E-state index contributed by atoms with van der Waals surface area (Å²) < 4.78 is 4.87. The molecule has 0 saturated heterocycles. The number of esters is 1. The Morgan fingerprint density at radius 3 is 3.00 bits per heavy atom. The van der Waals surface area contributed by atoms with Crippen molar-refractivity contribution in [1.29, 1.82) is 0 Å². The summed E-state index contributed by atoms with van der Waals surface area (Å²) in [6.45, 7) is 2.01. The lowest BCUT2D eigenvalue weighted by Crippen LogP contribution is -2.33. The summed E-state index contributed by atoms with van der Waals surface area (Å²) in [7, 11) is 1.45. The molecule has 94 valence electrons. The molecule has 0 amide bonds. The number of benzene rings is 1. The number of carbonyl (C=O) groups is 1. The third-order valence-electron chi connectivity index (χ3n) is 3.55. The van der Waals surface area contributed by atoms with Crippen LogP contribution in [-0.2, 0) is 9.53 Å². The van der Waals surface area contributed by atoms with Gasteiger partial charge < -0.3 is 9.64 Å². The SMILES string of the molecule is COC(=O)C1=C(C)N2c3ccccc3SC2CC1. The number of para-hydroxylation sites is 1. The lowest BCUT2D eigenvalue weighted by Gasteiger charge is -2.33. The van der Waals surface area contributed by atoms with E-state index in [1.807, 2.05) is 24.8 Å². The fraction of sp³-hybridized carbons (Fsp3) is 0.357. The first-order valence-corrected chi connectivity index (χ1v) is 6.93. The van der Waals surface area contributed by atoms with Crippen LogP contribution >= 0.6 is 11.8 Å². The fourth-order valence-electron chi connectivity index (χ4n) is 2.66. The number of nitrogens with zero attached hydrogens (tertiary/aromatic N) is 1. The summed E-state index contributed by atoms with van der Waals surface area (Å²) in [4.78, 5) is 15.3. The van der Waals surface area contributed by atoms with Gasteiger partial charge in [0.05, 0.1) is 23.7 Å². The average molecular weight is 261 g/mol. The van der Waals surface area contributed by atoms with E-state index in [0.29, 0.717) is 5.37 Å². The summed E-state index contributed by atoms with van der Waals surface area (Å²) in [5.74, 6) is -0.194. The highest BCUT2D eigenvalue weighted by Crippen LogP contribution is 2.49. The zero-order valence-electron chi connectivity index (χ0n) is 10.5. The molecule has 1 atom stereocenters. The van der Waals surface area contributed by atoms with Gasteiger partial charge in [-0.3, -0.25) is 0 Å². The second kappa shape index (κ2) is 4.35. The molecular weight excluding hydrogens is 246 g/mol. The minimum absolute atomic E-state index is 0.194. The lowest BCUT2D eigenvalue weighted by atomic mass is 10.0. The zero-order valence-corrected chi connectivity index (χ0v) is 11.3. The number of allylic oxidation sites excluding steroid dienone is 1. The number of fused-ring (bicyclic) bond motifs is 3. The Labute approximate surface area is 111 Å². The number of hydrogen-bond acceptors (Lipinski definition) is 4. The van der Waals surface area contributed by atoms with E-state index in [-0.39, 0.29) is 5.97 Å². The van der Waals surface area contributed by atoms with Crippen LogP contribution in [0.15, 0.2) is 40.4 Å². The maximum atomic E-state index is 11.8. The molecule has 2 aliphatic heterocycles. The van der Waals surface area contributed by atoms with E-state index < -0.39 is 0 Å². The van der Waals surface area contributed by atoms with Gasteiger partial charge in [0.15, 0.2) is 0 Å². The molecule has 0 spiro atoms. The van der Waals surface area contributed by atoms with Crippen molar-refractivity contribution in [1.82, 2.24) is 0 Å². The molecule has 2 heterocycles. The van der Waals surface area contributed by atoms with Gasteiger partial charge in [-0.05, 0) is 31.9 Å². The minimum Gasteiger partial charge on any atom is -0.466 e. The quantitative estimate of drug-likeness (QED) is 0.726. The van der Waals surface area contributed by atoms with Crippen LogP contribution in [-0.4, -0.2) is 18.5 Å². The second-order valence-electron chi connectivity index (χ2n) is 4.50. The molecule has 1 aromatic rings. The topological polar surface area (TPSA) is 29.5 Å². The van der Waals surface area contributed by atoms with Gasteiger partial charge in [0, 0.05) is 10.6 Å². The Morgan fingerprint density at radius 2 is 2.22 bits per heavy atom. The number of ether oxygens (including phenoxy) is 1. The predicted octanol–water partition coefficient (Wildman–Crippen LogP) is 3.17. The molecule has 0 radical (unpaired) electrons. The number of carbonyl (C=O) groups excluding carboxylic acids is 1. The van der Waals surface area contributed by atoms with E-state index in [4.69, 9.17) is 4.74 Å². The maximum Gasteiger partial charge on any atom is 0.335 e. The van der Waals surface area contributed by atoms with E-state index in [1.54, 1.807) is 0 Å². The maximum absolute atomic E-state index is 11.8. The number of thioether (sulfide) groups is 1. The molecule has 0 aromatic heterocycles. The second-order valence-corrected chi connectivity index (χ2v) is 5.72. The summed E-state index contributed by atoms with van der Waals surface area (Å²) in [6.07, 6.45) is 1.79. The van der Waals surface area contributed by atoms with Crippen LogP contribution in [0, 0.1) is 0 Å². The Hall–Kier alpha value is -1.42. The molecule has 4 heteroatoms. The van der Waals surface area contributed by atoms with Crippen LogP contribution in [0.4, 0.5) is 5.69 Å². The average Bonchev–Trinajstić information content (AvgIpc) is 2.77. The van der Waals surface area contributed by atoms with Crippen molar-refractivity contribution in [3.8, 4) is 0 Å². The highest BCUT2D eigenvalue weighted by Gasteiger charge is 2.36. The Kier molecular flexibility index (Phi) is 2.82. The van der Waals surface area contributed by atoms with E-state index in [9.17, 15) is 4.79 Å². The number of hydrogen-bond donors (Lipinski definition) is 0. The first kappa shape index (κ1) is 11.7. The summed E-state index contributed by atoms with van der Waals surface area (Å²) in [5, 5.41) is 0.427. The van der Waals surface area contributed by atoms with E-state index in [1.165, 1.54) is 17.7 Å². The zero-order chi connectivity index (χ0) is 12.7. The van der Waals surface area contributed by atoms with Crippen LogP contribution in [0.2, 0.25) is 0 Å². The number of methoxy groups -OCH3 is 1. The largest absolute Gasteiger partial charge is 0.466 e. The molecule has 0 bridgehead atoms. The molecule has 3 rings (SSSR count). The third-order valence-corrected chi connectivity index (χ3v) is 4.86. The van der Waals surface area contributed by atoms with Gasteiger partial charge in [0.1, 0.15) is 0 Å². The van der Waals surface area contributed by atoms with Crippen LogP contribution < -0.4 is 4.90 Å². The smallest absolute Gasteiger partial charge is 0.335 e. The normalized spacial score (nSPS) is 21.7. The molecule has 0 aliphatic carbocycles. The lowest BCUT2D eigenvalue weighted by molar-refractivity contribution is -0.136. The van der Waals surface area contributed by atoms with Crippen LogP contribution in [0.5, 0.6) is 0 Å². The molecule has 0 N–H and O–H groups in total. The molecular formula is C14H15NO2S. The van der Waals surface area contributed by atoms with Gasteiger partial charge in [-0.15, -0.1) is 0 Å². The summed E-state index contributed by atoms with van der Waals surface area (Å²) in [6, 6.07) is 8.36. The van der Waals surface area contributed by atoms with Crippen LogP contribution in [0.25, 0.3) is 0 Å². The van der Waals surface area contributed by atoms with Crippen LogP contribution in [0.1, 0.15) is 19.8 Å². The number of rotatable bonds is 1. The Balaban J connectivity index is 2.06. The monoisotopic (exact) mass is 261 g/mol. The summed E-state index contributed by atoms with van der Waals surface area (Å²) in [5.41, 5.74) is 3.06. The molecule has 0 saturated carbocycles. The molecule has 0 fully saturated rings. The summed E-state index contributed by atoms with van der Waals surface area (Å²) >= 11 is 1.88. The van der Waals surface area contributed by atoms with Crippen molar-refractivity contribution in [2.75, 3.05) is 12.0 Å². The van der Waals surface area contributed by atoms with Gasteiger partial charge in [0.25, 0.3) is 0 Å². The highest BCUT2D eigenvalue weighted by atomic mass is 32.2. The fourth-order valence-corrected chi connectivity index (χ4v) is 4.01. The van der Waals surface area contributed by atoms with Crippen molar-refractivity contribution >= 4 is 23.4 Å². The molecule has 18 heavy (non-hydrogen) atoms. The van der Waals surface area contributed by atoms with Gasteiger partial charge in [-0.1, -0.05) is 23.9 Å². The predicted molar refractivity (Wildman–Crippen MR) is 72.5 cm³/mol. The van der Waals surface area contributed by atoms with E-state index in [2.05, 4.69) is 23.1 Å².